The lowest BCUT2D eigenvalue weighted by atomic mass is 9.91. The lowest BCUT2D eigenvalue weighted by Gasteiger charge is -2.19. The van der Waals surface area contributed by atoms with Gasteiger partial charge in [-0.2, -0.15) is 0 Å². The third-order valence-electron chi connectivity index (χ3n) is 2.98. The first-order valence-corrected chi connectivity index (χ1v) is 6.83. The van der Waals surface area contributed by atoms with Gasteiger partial charge in [-0.1, -0.05) is 20.8 Å². The van der Waals surface area contributed by atoms with Crippen molar-refractivity contribution in [2.24, 2.45) is 0 Å². The van der Waals surface area contributed by atoms with Crippen LogP contribution in [0.15, 0.2) is 30.3 Å². The summed E-state index contributed by atoms with van der Waals surface area (Å²) in [7, 11) is 0. The zero-order chi connectivity index (χ0) is 14.8. The number of aromatic nitrogens is 2. The molecule has 0 atom stereocenters. The lowest BCUT2D eigenvalue weighted by molar-refractivity contribution is 0.475. The van der Waals surface area contributed by atoms with Gasteiger partial charge in [-0.3, -0.25) is 0 Å². The molecule has 20 heavy (non-hydrogen) atoms. The van der Waals surface area contributed by atoms with Gasteiger partial charge in [-0.05, 0) is 31.2 Å². The van der Waals surface area contributed by atoms with E-state index in [1.807, 2.05) is 25.1 Å². The topological polar surface area (TPSA) is 58.0 Å². The average molecular weight is 271 g/mol. The normalized spacial score (nSPS) is 11.4. The largest absolute Gasteiger partial charge is 0.508 e. The van der Waals surface area contributed by atoms with Crippen LogP contribution in [0.1, 0.15) is 33.4 Å². The van der Waals surface area contributed by atoms with Gasteiger partial charge in [0.25, 0.3) is 0 Å². The van der Waals surface area contributed by atoms with E-state index < -0.39 is 0 Å². The Morgan fingerprint density at radius 3 is 2.30 bits per heavy atom. The van der Waals surface area contributed by atoms with E-state index in [-0.39, 0.29) is 11.2 Å². The van der Waals surface area contributed by atoms with Crippen LogP contribution in [0.4, 0.5) is 5.82 Å². The molecule has 0 spiro atoms. The smallest absolute Gasteiger partial charge is 0.161 e. The van der Waals surface area contributed by atoms with Crippen LogP contribution in [0, 0.1) is 0 Å². The van der Waals surface area contributed by atoms with Crippen LogP contribution < -0.4 is 5.32 Å². The number of nitrogens with one attached hydrogen (secondary N) is 1. The summed E-state index contributed by atoms with van der Waals surface area (Å²) in [6.07, 6.45) is 0. The lowest BCUT2D eigenvalue weighted by Crippen LogP contribution is -2.16. The SMILES string of the molecule is CCNc1cc(C(C)(C)C)nc(-c2ccc(O)cc2)n1. The molecule has 1 aromatic carbocycles. The van der Waals surface area contributed by atoms with E-state index in [9.17, 15) is 5.11 Å². The van der Waals surface area contributed by atoms with Crippen molar-refractivity contribution in [2.75, 3.05) is 11.9 Å². The van der Waals surface area contributed by atoms with Crippen molar-refractivity contribution in [1.29, 1.82) is 0 Å². The van der Waals surface area contributed by atoms with E-state index in [0.29, 0.717) is 5.82 Å². The van der Waals surface area contributed by atoms with Crippen molar-refractivity contribution in [3.05, 3.63) is 36.0 Å². The highest BCUT2D eigenvalue weighted by Gasteiger charge is 2.18. The first-order valence-electron chi connectivity index (χ1n) is 6.83. The van der Waals surface area contributed by atoms with Gasteiger partial charge in [0.15, 0.2) is 5.82 Å². The van der Waals surface area contributed by atoms with Gasteiger partial charge >= 0.3 is 0 Å². The van der Waals surface area contributed by atoms with Gasteiger partial charge in [0, 0.05) is 23.6 Å². The Kier molecular flexibility index (Phi) is 3.93. The second-order valence-corrected chi connectivity index (χ2v) is 5.79. The van der Waals surface area contributed by atoms with Crippen LogP contribution in [0.3, 0.4) is 0 Å². The Morgan fingerprint density at radius 2 is 1.75 bits per heavy atom. The molecule has 0 aliphatic rings. The van der Waals surface area contributed by atoms with E-state index in [2.05, 4.69) is 36.1 Å². The quantitative estimate of drug-likeness (QED) is 0.896. The van der Waals surface area contributed by atoms with Crippen LogP contribution in [-0.4, -0.2) is 21.6 Å². The molecule has 0 radical (unpaired) electrons. The number of anilines is 1. The second-order valence-electron chi connectivity index (χ2n) is 5.79. The van der Waals surface area contributed by atoms with E-state index >= 15 is 0 Å². The molecule has 0 saturated heterocycles. The molecule has 0 saturated carbocycles. The third-order valence-corrected chi connectivity index (χ3v) is 2.98. The Bertz CT molecular complexity index is 586. The molecule has 0 aliphatic heterocycles. The van der Waals surface area contributed by atoms with Gasteiger partial charge < -0.3 is 10.4 Å². The first kappa shape index (κ1) is 14.3. The summed E-state index contributed by atoms with van der Waals surface area (Å²) < 4.78 is 0. The molecule has 0 unspecified atom stereocenters. The Morgan fingerprint density at radius 1 is 1.10 bits per heavy atom. The maximum atomic E-state index is 9.37. The predicted molar refractivity (Wildman–Crippen MR) is 82.0 cm³/mol. The molecule has 0 aliphatic carbocycles. The number of phenolic OH excluding ortho intramolecular Hbond substituents is 1. The highest BCUT2D eigenvalue weighted by atomic mass is 16.3. The number of aromatic hydroxyl groups is 1. The molecule has 2 N–H and O–H groups in total. The number of benzene rings is 1. The zero-order valence-corrected chi connectivity index (χ0v) is 12.4. The van der Waals surface area contributed by atoms with Gasteiger partial charge in [0.1, 0.15) is 11.6 Å². The number of rotatable bonds is 3. The number of phenols is 1. The van der Waals surface area contributed by atoms with Gasteiger partial charge in [0.05, 0.1) is 5.69 Å². The maximum absolute atomic E-state index is 9.37. The summed E-state index contributed by atoms with van der Waals surface area (Å²) >= 11 is 0. The molecule has 4 heteroatoms. The monoisotopic (exact) mass is 271 g/mol. The Balaban J connectivity index is 2.51. The van der Waals surface area contributed by atoms with Crippen LogP contribution >= 0.6 is 0 Å². The van der Waals surface area contributed by atoms with Crippen molar-refractivity contribution >= 4 is 5.82 Å². The maximum Gasteiger partial charge on any atom is 0.161 e. The molecule has 1 heterocycles. The van der Waals surface area contributed by atoms with Gasteiger partial charge in [0.2, 0.25) is 0 Å². The molecule has 106 valence electrons. The molecule has 0 amide bonds. The van der Waals surface area contributed by atoms with Gasteiger partial charge in [-0.25, -0.2) is 9.97 Å². The van der Waals surface area contributed by atoms with Crippen molar-refractivity contribution in [3.8, 4) is 17.1 Å². The van der Waals surface area contributed by atoms with E-state index in [4.69, 9.17) is 0 Å². The summed E-state index contributed by atoms with van der Waals surface area (Å²) in [5.41, 5.74) is 1.85. The molecule has 0 fully saturated rings. The Labute approximate surface area is 119 Å². The highest BCUT2D eigenvalue weighted by molar-refractivity contribution is 5.59. The summed E-state index contributed by atoms with van der Waals surface area (Å²) in [5.74, 6) is 1.75. The average Bonchev–Trinajstić information content (AvgIpc) is 2.38. The van der Waals surface area contributed by atoms with Crippen molar-refractivity contribution in [3.63, 3.8) is 0 Å². The molecule has 2 rings (SSSR count). The molecular weight excluding hydrogens is 250 g/mol. The van der Waals surface area contributed by atoms with Crippen molar-refractivity contribution in [1.82, 2.24) is 9.97 Å². The summed E-state index contributed by atoms with van der Waals surface area (Å²) in [6.45, 7) is 9.25. The van der Waals surface area contributed by atoms with E-state index in [1.54, 1.807) is 12.1 Å². The third kappa shape index (κ3) is 3.26. The minimum Gasteiger partial charge on any atom is -0.508 e. The standard InChI is InChI=1S/C16H21N3O/c1-5-17-14-10-13(16(2,3)4)18-15(19-14)11-6-8-12(20)9-7-11/h6-10,20H,5H2,1-4H3,(H,17,18,19). The Hall–Kier alpha value is -2.10. The fourth-order valence-corrected chi connectivity index (χ4v) is 1.84. The van der Waals surface area contributed by atoms with E-state index in [1.165, 1.54) is 0 Å². The van der Waals surface area contributed by atoms with Gasteiger partial charge in [-0.15, -0.1) is 0 Å². The summed E-state index contributed by atoms with van der Waals surface area (Å²) in [6, 6.07) is 8.94. The number of hydrogen-bond donors (Lipinski definition) is 2. The summed E-state index contributed by atoms with van der Waals surface area (Å²) in [4.78, 5) is 9.19. The minimum absolute atomic E-state index is 0.0429. The van der Waals surface area contributed by atoms with Crippen LogP contribution in [0.25, 0.3) is 11.4 Å². The first-order chi connectivity index (χ1) is 9.40. The molecule has 4 nitrogen and oxygen atoms in total. The molecule has 0 bridgehead atoms. The predicted octanol–water partition coefficient (Wildman–Crippen LogP) is 3.58. The minimum atomic E-state index is -0.0429. The molecule has 1 aromatic heterocycles. The van der Waals surface area contributed by atoms with Crippen LogP contribution in [0.2, 0.25) is 0 Å². The van der Waals surface area contributed by atoms with Crippen LogP contribution in [0.5, 0.6) is 5.75 Å². The molecule has 2 aromatic rings. The number of nitrogens with zero attached hydrogens (tertiary/aromatic N) is 2. The number of hydrogen-bond acceptors (Lipinski definition) is 4. The highest BCUT2D eigenvalue weighted by Crippen LogP contribution is 2.26. The fraction of sp³-hybridized carbons (Fsp3) is 0.375. The molecular formula is C16H21N3O. The fourth-order valence-electron chi connectivity index (χ4n) is 1.84. The van der Waals surface area contributed by atoms with Crippen LogP contribution in [-0.2, 0) is 5.41 Å². The zero-order valence-electron chi connectivity index (χ0n) is 12.4. The van der Waals surface area contributed by atoms with E-state index in [0.717, 1.165) is 23.6 Å². The second kappa shape index (κ2) is 5.49. The van der Waals surface area contributed by atoms with Crippen molar-refractivity contribution < 1.29 is 5.11 Å². The summed E-state index contributed by atoms with van der Waals surface area (Å²) in [5, 5.41) is 12.6. The van der Waals surface area contributed by atoms with Crippen molar-refractivity contribution in [2.45, 2.75) is 33.1 Å².